The molecular formula is C14H12F3N3O. The Hall–Kier alpha value is -2.15. The minimum absolute atomic E-state index is 0.0801. The van der Waals surface area contributed by atoms with Crippen LogP contribution in [-0.2, 0) is 19.3 Å². The van der Waals surface area contributed by atoms with Gasteiger partial charge in [-0.05, 0) is 23.3 Å². The molecule has 0 amide bonds. The molecule has 0 bridgehead atoms. The van der Waals surface area contributed by atoms with Crippen molar-refractivity contribution < 1.29 is 18.3 Å². The minimum Gasteiger partial charge on any atom is -0.394 e. The van der Waals surface area contributed by atoms with Crippen molar-refractivity contribution in [1.29, 1.82) is 0 Å². The Kier molecular flexibility index (Phi) is 3.29. The second-order valence-electron chi connectivity index (χ2n) is 4.78. The van der Waals surface area contributed by atoms with Crippen LogP contribution in [0.2, 0.25) is 0 Å². The van der Waals surface area contributed by atoms with Gasteiger partial charge in [-0.15, -0.1) is 0 Å². The summed E-state index contributed by atoms with van der Waals surface area (Å²) in [5.41, 5.74) is 1.63. The van der Waals surface area contributed by atoms with E-state index in [1.165, 1.54) is 10.9 Å². The SMILES string of the molecule is OCCn1cc(-c2cc(C(F)(F)F)cc3c2C=NC3)cn1. The van der Waals surface area contributed by atoms with Gasteiger partial charge in [-0.1, -0.05) is 0 Å². The average molecular weight is 295 g/mol. The van der Waals surface area contributed by atoms with Crippen LogP contribution in [0.3, 0.4) is 0 Å². The van der Waals surface area contributed by atoms with Crippen molar-refractivity contribution in [3.8, 4) is 11.1 Å². The normalized spacial score (nSPS) is 13.7. The first-order chi connectivity index (χ1) is 9.99. The summed E-state index contributed by atoms with van der Waals surface area (Å²) < 4.78 is 40.4. The van der Waals surface area contributed by atoms with Crippen LogP contribution in [0.5, 0.6) is 0 Å². The van der Waals surface area contributed by atoms with Crippen molar-refractivity contribution in [3.05, 3.63) is 41.2 Å². The Morgan fingerprint density at radius 2 is 2.10 bits per heavy atom. The van der Waals surface area contributed by atoms with E-state index in [0.29, 0.717) is 28.8 Å². The van der Waals surface area contributed by atoms with E-state index >= 15 is 0 Å². The highest BCUT2D eigenvalue weighted by Crippen LogP contribution is 2.36. The maximum atomic E-state index is 13.0. The molecular weight excluding hydrogens is 283 g/mol. The molecule has 21 heavy (non-hydrogen) atoms. The van der Waals surface area contributed by atoms with Crippen molar-refractivity contribution in [2.75, 3.05) is 6.61 Å². The van der Waals surface area contributed by atoms with E-state index in [0.717, 1.165) is 12.1 Å². The molecule has 0 atom stereocenters. The van der Waals surface area contributed by atoms with Gasteiger partial charge >= 0.3 is 6.18 Å². The largest absolute Gasteiger partial charge is 0.416 e. The number of aliphatic hydroxyl groups excluding tert-OH is 1. The second kappa shape index (κ2) is 5.00. The van der Waals surface area contributed by atoms with Crippen LogP contribution in [0.15, 0.2) is 29.5 Å². The standard InChI is InChI=1S/C14H12F3N3O/c15-14(16,17)11-3-9-5-18-7-13(9)12(4-11)10-6-19-20(8-10)1-2-21/h3-4,6-8,21H,1-2,5H2. The zero-order valence-corrected chi connectivity index (χ0v) is 10.9. The second-order valence-corrected chi connectivity index (χ2v) is 4.78. The maximum absolute atomic E-state index is 13.0. The van der Waals surface area contributed by atoms with Gasteiger partial charge in [0.25, 0.3) is 0 Å². The van der Waals surface area contributed by atoms with Gasteiger partial charge < -0.3 is 5.11 Å². The maximum Gasteiger partial charge on any atom is 0.416 e. The Bertz CT molecular complexity index is 704. The third-order valence-electron chi connectivity index (χ3n) is 3.35. The number of aliphatic hydroxyl groups is 1. The molecule has 3 rings (SSSR count). The predicted octanol–water partition coefficient (Wildman–Crippen LogP) is 2.49. The fourth-order valence-electron chi connectivity index (χ4n) is 2.36. The smallest absolute Gasteiger partial charge is 0.394 e. The molecule has 110 valence electrons. The van der Waals surface area contributed by atoms with Crippen LogP contribution in [0.1, 0.15) is 16.7 Å². The molecule has 1 N–H and O–H groups in total. The molecule has 1 aromatic heterocycles. The van der Waals surface area contributed by atoms with Crippen molar-refractivity contribution >= 4 is 6.21 Å². The summed E-state index contributed by atoms with van der Waals surface area (Å²) in [7, 11) is 0. The lowest BCUT2D eigenvalue weighted by Crippen LogP contribution is -2.07. The van der Waals surface area contributed by atoms with E-state index in [4.69, 9.17) is 5.11 Å². The van der Waals surface area contributed by atoms with Gasteiger partial charge in [0.05, 0.1) is 31.5 Å². The Morgan fingerprint density at radius 3 is 2.81 bits per heavy atom. The number of rotatable bonds is 3. The lowest BCUT2D eigenvalue weighted by Gasteiger charge is -2.12. The van der Waals surface area contributed by atoms with E-state index in [-0.39, 0.29) is 13.2 Å². The highest BCUT2D eigenvalue weighted by atomic mass is 19.4. The number of hydrogen-bond acceptors (Lipinski definition) is 3. The van der Waals surface area contributed by atoms with E-state index in [1.807, 2.05) is 0 Å². The quantitative estimate of drug-likeness (QED) is 0.946. The first-order valence-corrected chi connectivity index (χ1v) is 6.36. The molecule has 2 aromatic rings. The molecule has 0 saturated carbocycles. The molecule has 4 nitrogen and oxygen atoms in total. The van der Waals surface area contributed by atoms with Crippen molar-refractivity contribution in [2.45, 2.75) is 19.3 Å². The van der Waals surface area contributed by atoms with Crippen LogP contribution in [0.4, 0.5) is 13.2 Å². The molecule has 0 saturated heterocycles. The van der Waals surface area contributed by atoms with Crippen molar-refractivity contribution in [2.24, 2.45) is 4.99 Å². The summed E-state index contributed by atoms with van der Waals surface area (Å²) in [6, 6.07) is 2.26. The van der Waals surface area contributed by atoms with Gasteiger partial charge in [-0.3, -0.25) is 9.67 Å². The van der Waals surface area contributed by atoms with Crippen molar-refractivity contribution in [1.82, 2.24) is 9.78 Å². The van der Waals surface area contributed by atoms with Gasteiger partial charge in [0.2, 0.25) is 0 Å². The van der Waals surface area contributed by atoms with E-state index in [2.05, 4.69) is 10.1 Å². The molecule has 2 heterocycles. The van der Waals surface area contributed by atoms with Gasteiger partial charge in [0, 0.05) is 23.5 Å². The first-order valence-electron chi connectivity index (χ1n) is 6.36. The number of aromatic nitrogens is 2. The first kappa shape index (κ1) is 13.8. The molecule has 1 aliphatic rings. The third-order valence-corrected chi connectivity index (χ3v) is 3.35. The number of alkyl halides is 3. The molecule has 0 spiro atoms. The number of hydrogen-bond donors (Lipinski definition) is 1. The number of benzene rings is 1. The molecule has 0 unspecified atom stereocenters. The van der Waals surface area contributed by atoms with Crippen LogP contribution < -0.4 is 0 Å². The Morgan fingerprint density at radius 1 is 1.29 bits per heavy atom. The molecule has 1 aliphatic heterocycles. The zero-order valence-electron chi connectivity index (χ0n) is 10.9. The molecule has 0 aliphatic carbocycles. The monoisotopic (exact) mass is 295 g/mol. The summed E-state index contributed by atoms with van der Waals surface area (Å²) in [6.45, 7) is 0.482. The molecule has 7 heteroatoms. The van der Waals surface area contributed by atoms with Crippen LogP contribution in [-0.4, -0.2) is 27.7 Å². The van der Waals surface area contributed by atoms with E-state index < -0.39 is 11.7 Å². The van der Waals surface area contributed by atoms with Gasteiger partial charge in [0.1, 0.15) is 0 Å². The van der Waals surface area contributed by atoms with Crippen LogP contribution >= 0.6 is 0 Å². The summed E-state index contributed by atoms with van der Waals surface area (Å²) in [6.07, 6.45) is 0.317. The molecule has 0 fully saturated rings. The van der Waals surface area contributed by atoms with E-state index in [9.17, 15) is 13.2 Å². The molecule has 0 radical (unpaired) electrons. The summed E-state index contributed by atoms with van der Waals surface area (Å²) in [5.74, 6) is 0. The molecule has 1 aromatic carbocycles. The highest BCUT2D eigenvalue weighted by Gasteiger charge is 2.32. The number of halogens is 3. The van der Waals surface area contributed by atoms with Crippen molar-refractivity contribution in [3.63, 3.8) is 0 Å². The predicted molar refractivity (Wildman–Crippen MR) is 71.0 cm³/mol. The van der Waals surface area contributed by atoms with E-state index in [1.54, 1.807) is 12.4 Å². The Balaban J connectivity index is 2.11. The zero-order chi connectivity index (χ0) is 15.0. The fraction of sp³-hybridized carbons (Fsp3) is 0.286. The average Bonchev–Trinajstić information content (AvgIpc) is 3.05. The van der Waals surface area contributed by atoms with Gasteiger partial charge in [-0.25, -0.2) is 0 Å². The lowest BCUT2D eigenvalue weighted by atomic mass is 9.96. The number of nitrogens with zero attached hydrogens (tertiary/aromatic N) is 3. The highest BCUT2D eigenvalue weighted by molar-refractivity contribution is 5.94. The Labute approximate surface area is 118 Å². The lowest BCUT2D eigenvalue weighted by molar-refractivity contribution is -0.137. The van der Waals surface area contributed by atoms with Crippen LogP contribution in [0, 0.1) is 0 Å². The fourth-order valence-corrected chi connectivity index (χ4v) is 2.36. The number of fused-ring (bicyclic) bond motifs is 1. The van der Waals surface area contributed by atoms with Gasteiger partial charge in [-0.2, -0.15) is 18.3 Å². The summed E-state index contributed by atoms with van der Waals surface area (Å²) in [5, 5.41) is 12.9. The topological polar surface area (TPSA) is 50.4 Å². The summed E-state index contributed by atoms with van der Waals surface area (Å²) >= 11 is 0. The summed E-state index contributed by atoms with van der Waals surface area (Å²) in [4.78, 5) is 4.04. The van der Waals surface area contributed by atoms with Gasteiger partial charge in [0.15, 0.2) is 0 Å². The number of aliphatic imine (C=N–C) groups is 1. The third kappa shape index (κ3) is 2.56. The van der Waals surface area contributed by atoms with Crippen LogP contribution in [0.25, 0.3) is 11.1 Å². The minimum atomic E-state index is -4.40.